The van der Waals surface area contributed by atoms with Gasteiger partial charge in [0.1, 0.15) is 6.33 Å². The molecule has 6 heteroatoms. The molecular weight excluding hydrogens is 266 g/mol. The van der Waals surface area contributed by atoms with Crippen LogP contribution in [-0.4, -0.2) is 40.4 Å². The second-order valence-corrected chi connectivity index (χ2v) is 5.90. The highest BCUT2D eigenvalue weighted by molar-refractivity contribution is 5.63. The standard InChI is InChI=1S/C15H17N5O/c1-11-9-21-6-5-19(11)14-7-12(15(16-2)3-4-15)13-8-17-10-20(13)18-14/h7-8,10-11H,3-6,9H2,1H3/t11-/m1/s1. The Balaban J connectivity index is 1.85. The van der Waals surface area contributed by atoms with Crippen LogP contribution in [0.5, 0.6) is 0 Å². The van der Waals surface area contributed by atoms with Crippen LogP contribution in [0.25, 0.3) is 10.4 Å². The number of hydrogen-bond donors (Lipinski definition) is 0. The van der Waals surface area contributed by atoms with Gasteiger partial charge in [0.2, 0.25) is 0 Å². The van der Waals surface area contributed by atoms with E-state index in [1.165, 1.54) is 0 Å². The number of nitrogens with zero attached hydrogens (tertiary/aromatic N) is 5. The summed E-state index contributed by atoms with van der Waals surface area (Å²) in [5.74, 6) is 0.918. The molecule has 2 aromatic heterocycles. The number of rotatable bonds is 2. The smallest absolute Gasteiger partial charge is 0.260 e. The van der Waals surface area contributed by atoms with Crippen LogP contribution >= 0.6 is 0 Å². The molecule has 0 bridgehead atoms. The Labute approximate surface area is 123 Å². The minimum absolute atomic E-state index is 0.295. The van der Waals surface area contributed by atoms with Crippen molar-refractivity contribution >= 4 is 11.3 Å². The molecule has 2 aromatic rings. The van der Waals surface area contributed by atoms with E-state index in [1.54, 1.807) is 17.0 Å². The molecule has 6 nitrogen and oxygen atoms in total. The van der Waals surface area contributed by atoms with Gasteiger partial charge in [-0.25, -0.2) is 16.1 Å². The average Bonchev–Trinajstić information content (AvgIpc) is 3.16. The molecule has 2 fully saturated rings. The van der Waals surface area contributed by atoms with Crippen molar-refractivity contribution in [2.75, 3.05) is 24.7 Å². The van der Waals surface area contributed by atoms with Crippen LogP contribution in [0.1, 0.15) is 25.3 Å². The van der Waals surface area contributed by atoms with Gasteiger partial charge < -0.3 is 14.5 Å². The van der Waals surface area contributed by atoms with Gasteiger partial charge in [-0.3, -0.25) is 0 Å². The molecule has 0 aromatic carbocycles. The lowest BCUT2D eigenvalue weighted by atomic mass is 10.1. The number of morpholine rings is 1. The molecule has 1 saturated carbocycles. The largest absolute Gasteiger partial charge is 0.377 e. The molecule has 1 aliphatic heterocycles. The molecule has 1 aliphatic carbocycles. The Bertz CT molecular complexity index is 727. The summed E-state index contributed by atoms with van der Waals surface area (Å²) in [7, 11) is 0. The van der Waals surface area contributed by atoms with Crippen LogP contribution in [0.15, 0.2) is 18.6 Å². The third-order valence-electron chi connectivity index (χ3n) is 4.48. The number of imidazole rings is 1. The molecule has 0 spiro atoms. The lowest BCUT2D eigenvalue weighted by Gasteiger charge is -2.34. The van der Waals surface area contributed by atoms with Gasteiger partial charge in [0.25, 0.3) is 5.54 Å². The first-order chi connectivity index (χ1) is 10.2. The lowest BCUT2D eigenvalue weighted by Crippen LogP contribution is -2.44. The summed E-state index contributed by atoms with van der Waals surface area (Å²) in [4.78, 5) is 10.3. The van der Waals surface area contributed by atoms with Crippen LogP contribution in [0.2, 0.25) is 0 Å². The second kappa shape index (κ2) is 4.43. The number of hydrogen-bond acceptors (Lipinski definition) is 4. The van der Waals surface area contributed by atoms with Gasteiger partial charge in [0.15, 0.2) is 5.82 Å². The Hall–Kier alpha value is -2.13. The molecule has 2 aliphatic rings. The summed E-state index contributed by atoms with van der Waals surface area (Å²) in [6.07, 6.45) is 5.38. The minimum Gasteiger partial charge on any atom is -0.377 e. The highest BCUT2D eigenvalue weighted by atomic mass is 16.5. The minimum atomic E-state index is -0.353. The molecule has 21 heavy (non-hydrogen) atoms. The van der Waals surface area contributed by atoms with Crippen LogP contribution in [-0.2, 0) is 10.3 Å². The van der Waals surface area contributed by atoms with Gasteiger partial charge in [-0.2, -0.15) is 0 Å². The maximum atomic E-state index is 7.53. The van der Waals surface area contributed by atoms with Crippen LogP contribution in [0.3, 0.4) is 0 Å². The highest BCUT2D eigenvalue weighted by Gasteiger charge is 2.54. The zero-order valence-electron chi connectivity index (χ0n) is 12.0. The number of anilines is 1. The van der Waals surface area contributed by atoms with Gasteiger partial charge in [-0.1, -0.05) is 0 Å². The van der Waals surface area contributed by atoms with Crippen molar-refractivity contribution in [2.45, 2.75) is 31.3 Å². The normalized spacial score (nSPS) is 24.0. The Morgan fingerprint density at radius 3 is 3.05 bits per heavy atom. The summed E-state index contributed by atoms with van der Waals surface area (Å²) in [6, 6.07) is 2.38. The first kappa shape index (κ1) is 12.6. The van der Waals surface area contributed by atoms with E-state index in [-0.39, 0.29) is 5.54 Å². The first-order valence-corrected chi connectivity index (χ1v) is 7.30. The molecule has 3 heterocycles. The van der Waals surface area contributed by atoms with E-state index in [9.17, 15) is 0 Å². The first-order valence-electron chi connectivity index (χ1n) is 7.30. The van der Waals surface area contributed by atoms with Crippen molar-refractivity contribution in [3.63, 3.8) is 0 Å². The van der Waals surface area contributed by atoms with Crippen molar-refractivity contribution in [1.82, 2.24) is 14.6 Å². The average molecular weight is 283 g/mol. The van der Waals surface area contributed by atoms with Gasteiger partial charge in [-0.05, 0) is 13.0 Å². The summed E-state index contributed by atoms with van der Waals surface area (Å²) < 4.78 is 7.30. The summed E-state index contributed by atoms with van der Waals surface area (Å²) in [5.41, 5.74) is 1.67. The Kier molecular flexibility index (Phi) is 2.66. The molecule has 1 saturated heterocycles. The van der Waals surface area contributed by atoms with Crippen LogP contribution in [0, 0.1) is 6.57 Å². The lowest BCUT2D eigenvalue weighted by molar-refractivity contribution is 0.0984. The fourth-order valence-corrected chi connectivity index (χ4v) is 3.04. The van der Waals surface area contributed by atoms with Gasteiger partial charge in [-0.15, -0.1) is 5.10 Å². The third kappa shape index (κ3) is 1.88. The monoisotopic (exact) mass is 283 g/mol. The third-order valence-corrected chi connectivity index (χ3v) is 4.48. The quantitative estimate of drug-likeness (QED) is 0.789. The maximum Gasteiger partial charge on any atom is 0.260 e. The summed E-state index contributed by atoms with van der Waals surface area (Å²) in [5, 5.41) is 4.67. The fourth-order valence-electron chi connectivity index (χ4n) is 3.04. The van der Waals surface area contributed by atoms with Gasteiger partial charge in [0, 0.05) is 19.4 Å². The predicted molar refractivity (Wildman–Crippen MR) is 78.1 cm³/mol. The van der Waals surface area contributed by atoms with E-state index in [1.807, 2.05) is 0 Å². The van der Waals surface area contributed by atoms with Gasteiger partial charge in [0.05, 0.1) is 36.5 Å². The van der Waals surface area contributed by atoms with E-state index < -0.39 is 0 Å². The van der Waals surface area contributed by atoms with E-state index in [2.05, 4.69) is 32.8 Å². The Morgan fingerprint density at radius 2 is 2.33 bits per heavy atom. The van der Waals surface area contributed by atoms with Crippen molar-refractivity contribution in [2.24, 2.45) is 0 Å². The van der Waals surface area contributed by atoms with Crippen LogP contribution < -0.4 is 4.90 Å². The van der Waals surface area contributed by atoms with Crippen molar-refractivity contribution in [1.29, 1.82) is 0 Å². The predicted octanol–water partition coefficient (Wildman–Crippen LogP) is 1.86. The molecule has 108 valence electrons. The molecule has 0 unspecified atom stereocenters. The topological polar surface area (TPSA) is 47.0 Å². The molecule has 1 atom stereocenters. The number of ether oxygens (including phenoxy) is 1. The second-order valence-electron chi connectivity index (χ2n) is 5.90. The molecule has 0 N–H and O–H groups in total. The van der Waals surface area contributed by atoms with Crippen molar-refractivity contribution in [3.8, 4) is 0 Å². The number of fused-ring (bicyclic) bond motifs is 1. The number of aromatic nitrogens is 3. The van der Waals surface area contributed by atoms with E-state index >= 15 is 0 Å². The van der Waals surface area contributed by atoms with E-state index in [0.717, 1.165) is 42.9 Å². The van der Waals surface area contributed by atoms with Crippen molar-refractivity contribution in [3.05, 3.63) is 35.6 Å². The molecule has 4 rings (SSSR count). The van der Waals surface area contributed by atoms with Crippen LogP contribution in [0.4, 0.5) is 5.82 Å². The Morgan fingerprint density at radius 1 is 1.48 bits per heavy atom. The van der Waals surface area contributed by atoms with Crippen molar-refractivity contribution < 1.29 is 4.74 Å². The SMILES string of the molecule is [C-]#[N+]C1(c2cc(N3CCOC[C@H]3C)nn3cncc23)CC1. The molecule has 0 radical (unpaired) electrons. The molecule has 0 amide bonds. The summed E-state index contributed by atoms with van der Waals surface area (Å²) in [6.45, 7) is 11.9. The zero-order valence-corrected chi connectivity index (χ0v) is 12.0. The zero-order chi connectivity index (χ0) is 14.4. The summed E-state index contributed by atoms with van der Waals surface area (Å²) >= 11 is 0. The van der Waals surface area contributed by atoms with E-state index in [4.69, 9.17) is 11.3 Å². The molecular formula is C15H17N5O. The highest BCUT2D eigenvalue weighted by Crippen LogP contribution is 2.51. The van der Waals surface area contributed by atoms with Gasteiger partial charge >= 0.3 is 0 Å². The maximum absolute atomic E-state index is 7.53. The van der Waals surface area contributed by atoms with E-state index in [0.29, 0.717) is 12.6 Å². The fraction of sp³-hybridized carbons (Fsp3) is 0.533.